The van der Waals surface area contributed by atoms with Gasteiger partial charge in [0.05, 0.1) is 13.2 Å². The van der Waals surface area contributed by atoms with Crippen LogP contribution in [0.4, 0.5) is 0 Å². The van der Waals surface area contributed by atoms with Crippen molar-refractivity contribution in [3.05, 3.63) is 104 Å². The van der Waals surface area contributed by atoms with Crippen LogP contribution >= 0.6 is 11.3 Å². The van der Waals surface area contributed by atoms with Gasteiger partial charge in [-0.1, -0.05) is 50.2 Å². The number of tetrazole rings is 1. The van der Waals surface area contributed by atoms with Crippen molar-refractivity contribution in [3.8, 4) is 5.75 Å². The van der Waals surface area contributed by atoms with Gasteiger partial charge in [0.25, 0.3) is 5.56 Å². The van der Waals surface area contributed by atoms with Gasteiger partial charge in [-0.2, -0.15) is 0 Å². The highest BCUT2D eigenvalue weighted by Crippen LogP contribution is 2.31. The van der Waals surface area contributed by atoms with Gasteiger partial charge in [-0.05, 0) is 64.0 Å². The molecule has 1 N–H and O–H groups in total. The second kappa shape index (κ2) is 11.7. The Bertz CT molecular complexity index is 1530. The Morgan fingerprint density at radius 3 is 2.63 bits per heavy atom. The number of ether oxygens (including phenoxy) is 1. The molecule has 0 unspecified atom stereocenters. The van der Waals surface area contributed by atoms with E-state index in [9.17, 15) is 4.79 Å². The number of nitrogens with zero attached hydrogens (tertiary/aromatic N) is 5. The first-order chi connectivity index (χ1) is 18.5. The molecule has 5 rings (SSSR count). The number of methoxy groups -OCH3 is 1. The Labute approximate surface area is 225 Å². The Hall–Kier alpha value is -3.82. The smallest absolute Gasteiger partial charge is 0.252 e. The molecule has 3 aromatic heterocycles. The van der Waals surface area contributed by atoms with E-state index in [1.54, 1.807) is 18.4 Å². The molecule has 0 amide bonds. The molecule has 0 radical (unpaired) electrons. The molecule has 8 nitrogen and oxygen atoms in total. The van der Waals surface area contributed by atoms with E-state index in [-0.39, 0.29) is 17.5 Å². The molecule has 9 heteroatoms. The minimum absolute atomic E-state index is 0.0926. The van der Waals surface area contributed by atoms with E-state index in [1.165, 1.54) is 10.4 Å². The third-order valence-corrected chi connectivity index (χ3v) is 7.61. The SMILES string of the molecule is COc1ccc2[nH]c(=O)c(CN(Cc3cccs3)[C@H](c3nnnn3CCc3ccccc3)C(C)C)cc2c1. The van der Waals surface area contributed by atoms with E-state index >= 15 is 0 Å². The van der Waals surface area contributed by atoms with Crippen molar-refractivity contribution in [2.75, 3.05) is 7.11 Å². The lowest BCUT2D eigenvalue weighted by Gasteiger charge is -2.33. The first kappa shape index (κ1) is 25.8. The minimum Gasteiger partial charge on any atom is -0.497 e. The molecular weight excluding hydrogens is 496 g/mol. The van der Waals surface area contributed by atoms with Crippen LogP contribution in [0, 0.1) is 5.92 Å². The summed E-state index contributed by atoms with van der Waals surface area (Å²) in [5, 5.41) is 15.9. The van der Waals surface area contributed by atoms with Gasteiger partial charge in [-0.15, -0.1) is 16.4 Å². The minimum atomic E-state index is -0.0942. The molecule has 0 fully saturated rings. The monoisotopic (exact) mass is 528 g/mol. The number of aromatic amines is 1. The fourth-order valence-corrected chi connectivity index (χ4v) is 5.62. The number of nitrogens with one attached hydrogen (secondary N) is 1. The summed E-state index contributed by atoms with van der Waals surface area (Å²) in [4.78, 5) is 19.8. The van der Waals surface area contributed by atoms with Crippen LogP contribution in [0.15, 0.2) is 76.9 Å². The molecule has 0 aliphatic rings. The molecule has 0 aliphatic carbocycles. The number of hydrogen-bond donors (Lipinski definition) is 1. The average Bonchev–Trinajstić information content (AvgIpc) is 3.60. The number of aryl methyl sites for hydroxylation is 2. The maximum atomic E-state index is 13.2. The van der Waals surface area contributed by atoms with Crippen molar-refractivity contribution in [1.82, 2.24) is 30.1 Å². The number of pyridine rings is 1. The van der Waals surface area contributed by atoms with Crippen LogP contribution < -0.4 is 10.3 Å². The van der Waals surface area contributed by atoms with Crippen LogP contribution in [-0.4, -0.2) is 37.2 Å². The van der Waals surface area contributed by atoms with Gasteiger partial charge in [0.15, 0.2) is 5.82 Å². The van der Waals surface area contributed by atoms with E-state index in [4.69, 9.17) is 4.74 Å². The quantitative estimate of drug-likeness (QED) is 0.253. The van der Waals surface area contributed by atoms with E-state index in [2.05, 4.69) is 68.9 Å². The summed E-state index contributed by atoms with van der Waals surface area (Å²) in [6.07, 6.45) is 0.834. The van der Waals surface area contributed by atoms with E-state index < -0.39 is 0 Å². The summed E-state index contributed by atoms with van der Waals surface area (Å²) in [6.45, 7) is 6.17. The third-order valence-electron chi connectivity index (χ3n) is 6.74. The largest absolute Gasteiger partial charge is 0.497 e. The van der Waals surface area contributed by atoms with Crippen LogP contribution in [-0.2, 0) is 26.1 Å². The highest BCUT2D eigenvalue weighted by molar-refractivity contribution is 7.09. The lowest BCUT2D eigenvalue weighted by atomic mass is 10.00. The van der Waals surface area contributed by atoms with Crippen molar-refractivity contribution in [3.63, 3.8) is 0 Å². The fraction of sp³-hybridized carbons (Fsp3) is 0.310. The van der Waals surface area contributed by atoms with Gasteiger partial charge in [0.2, 0.25) is 0 Å². The first-order valence-corrected chi connectivity index (χ1v) is 13.7. The summed E-state index contributed by atoms with van der Waals surface area (Å²) in [5.74, 6) is 1.77. The van der Waals surface area contributed by atoms with E-state index in [0.29, 0.717) is 25.2 Å². The molecule has 0 saturated carbocycles. The maximum Gasteiger partial charge on any atom is 0.252 e. The topological polar surface area (TPSA) is 88.9 Å². The number of rotatable bonds is 11. The summed E-state index contributed by atoms with van der Waals surface area (Å²) in [7, 11) is 1.64. The average molecular weight is 529 g/mol. The van der Waals surface area contributed by atoms with Crippen LogP contribution in [0.2, 0.25) is 0 Å². The summed E-state index contributed by atoms with van der Waals surface area (Å²) in [5.41, 5.74) is 2.62. The zero-order chi connectivity index (χ0) is 26.5. The standard InChI is InChI=1S/C29H32N6O2S/c1-20(2)27(28-31-32-33-35(28)14-13-21-8-5-4-6-9-21)34(19-25-10-7-15-38-25)18-23-16-22-17-24(37-3)11-12-26(22)30-29(23)36/h4-12,15-17,20,27H,13-14,18-19H2,1-3H3,(H,30,36)/t27-/m0/s1. The maximum absolute atomic E-state index is 13.2. The zero-order valence-electron chi connectivity index (χ0n) is 21.9. The van der Waals surface area contributed by atoms with Gasteiger partial charge >= 0.3 is 0 Å². The van der Waals surface area contributed by atoms with Gasteiger partial charge in [0, 0.05) is 41.0 Å². The number of thiophene rings is 1. The Balaban J connectivity index is 1.49. The van der Waals surface area contributed by atoms with Crippen molar-refractivity contribution in [2.24, 2.45) is 5.92 Å². The zero-order valence-corrected chi connectivity index (χ0v) is 22.7. The molecule has 0 bridgehead atoms. The van der Waals surface area contributed by atoms with Crippen molar-refractivity contribution in [2.45, 2.75) is 45.9 Å². The second-order valence-electron chi connectivity index (χ2n) is 9.75. The summed E-state index contributed by atoms with van der Waals surface area (Å²) < 4.78 is 7.32. The predicted octanol–water partition coefficient (Wildman–Crippen LogP) is 5.23. The highest BCUT2D eigenvalue weighted by Gasteiger charge is 2.30. The number of benzene rings is 2. The number of hydrogen-bond acceptors (Lipinski definition) is 7. The number of fused-ring (bicyclic) bond motifs is 1. The van der Waals surface area contributed by atoms with Crippen molar-refractivity contribution < 1.29 is 4.74 Å². The normalized spacial score (nSPS) is 12.4. The molecule has 0 aliphatic heterocycles. The molecule has 2 aromatic carbocycles. The van der Waals surface area contributed by atoms with Crippen LogP contribution in [0.25, 0.3) is 10.9 Å². The van der Waals surface area contributed by atoms with Crippen LogP contribution in [0.3, 0.4) is 0 Å². The lowest BCUT2D eigenvalue weighted by molar-refractivity contribution is 0.127. The summed E-state index contributed by atoms with van der Waals surface area (Å²) in [6, 6.07) is 22.1. The Morgan fingerprint density at radius 2 is 1.89 bits per heavy atom. The Kier molecular flexibility index (Phi) is 7.95. The van der Waals surface area contributed by atoms with Gasteiger partial charge < -0.3 is 9.72 Å². The molecule has 0 spiro atoms. The first-order valence-electron chi connectivity index (χ1n) is 12.8. The van der Waals surface area contributed by atoms with Gasteiger partial charge in [-0.3, -0.25) is 9.69 Å². The second-order valence-corrected chi connectivity index (χ2v) is 10.8. The molecular formula is C29H32N6O2S. The third kappa shape index (κ3) is 5.84. The highest BCUT2D eigenvalue weighted by atomic mass is 32.1. The van der Waals surface area contributed by atoms with Crippen LogP contribution in [0.5, 0.6) is 5.75 Å². The molecule has 3 heterocycles. The van der Waals surface area contributed by atoms with Crippen molar-refractivity contribution >= 4 is 22.2 Å². The number of aromatic nitrogens is 5. The lowest BCUT2D eigenvalue weighted by Crippen LogP contribution is -2.35. The molecule has 196 valence electrons. The van der Waals surface area contributed by atoms with E-state index in [1.807, 2.05) is 47.1 Å². The molecule has 38 heavy (non-hydrogen) atoms. The van der Waals surface area contributed by atoms with Gasteiger partial charge in [-0.25, -0.2) is 4.68 Å². The Morgan fingerprint density at radius 1 is 1.05 bits per heavy atom. The predicted molar refractivity (Wildman–Crippen MR) is 150 cm³/mol. The van der Waals surface area contributed by atoms with Gasteiger partial charge in [0.1, 0.15) is 5.75 Å². The van der Waals surface area contributed by atoms with Crippen LogP contribution in [0.1, 0.15) is 41.7 Å². The number of H-pyrrole nitrogens is 1. The fourth-order valence-electron chi connectivity index (χ4n) is 4.89. The van der Waals surface area contributed by atoms with Crippen molar-refractivity contribution in [1.29, 1.82) is 0 Å². The molecule has 0 saturated heterocycles. The molecule has 5 aromatic rings. The molecule has 1 atom stereocenters. The van der Waals surface area contributed by atoms with E-state index in [0.717, 1.165) is 28.9 Å². The summed E-state index contributed by atoms with van der Waals surface area (Å²) >= 11 is 1.71.